The fourth-order valence-corrected chi connectivity index (χ4v) is 2.99. The molecule has 0 aliphatic carbocycles. The van der Waals surface area contributed by atoms with Gasteiger partial charge in [-0.1, -0.05) is 71.1 Å². The van der Waals surface area contributed by atoms with Crippen molar-refractivity contribution >= 4 is 0 Å². The van der Waals surface area contributed by atoms with E-state index >= 15 is 0 Å². The van der Waals surface area contributed by atoms with Crippen LogP contribution in [-0.2, 0) is 0 Å². The van der Waals surface area contributed by atoms with Gasteiger partial charge in [0.2, 0.25) is 0 Å². The summed E-state index contributed by atoms with van der Waals surface area (Å²) in [6, 6.07) is 0. The third-order valence-electron chi connectivity index (χ3n) is 4.55. The van der Waals surface area contributed by atoms with Crippen molar-refractivity contribution in [3.63, 3.8) is 0 Å². The zero-order valence-corrected chi connectivity index (χ0v) is 14.2. The summed E-state index contributed by atoms with van der Waals surface area (Å²) in [7, 11) is 0. The van der Waals surface area contributed by atoms with E-state index in [4.69, 9.17) is 5.11 Å². The van der Waals surface area contributed by atoms with Crippen molar-refractivity contribution in [2.75, 3.05) is 6.61 Å². The summed E-state index contributed by atoms with van der Waals surface area (Å²) < 4.78 is 0. The third-order valence-corrected chi connectivity index (χ3v) is 4.55. The Bertz CT molecular complexity index is 260. The van der Waals surface area contributed by atoms with Gasteiger partial charge in [-0.2, -0.15) is 10.2 Å². The van der Waals surface area contributed by atoms with Crippen molar-refractivity contribution in [1.82, 2.24) is 0 Å². The van der Waals surface area contributed by atoms with E-state index in [-0.39, 0.29) is 5.66 Å². The Labute approximate surface area is 131 Å². The minimum atomic E-state index is 0.00953. The number of aliphatic hydroxyl groups excluding tert-OH is 1. The molecule has 1 N–H and O–H groups in total. The molecule has 0 aromatic heterocycles. The van der Waals surface area contributed by atoms with E-state index in [1.165, 1.54) is 64.2 Å². The molecule has 124 valence electrons. The Balaban J connectivity index is 1.81. The van der Waals surface area contributed by atoms with Crippen molar-refractivity contribution in [2.45, 2.75) is 109 Å². The van der Waals surface area contributed by atoms with Gasteiger partial charge in [0.05, 0.1) is 0 Å². The van der Waals surface area contributed by atoms with Gasteiger partial charge >= 0.3 is 0 Å². The molecule has 0 spiro atoms. The first-order valence-corrected chi connectivity index (χ1v) is 9.38. The van der Waals surface area contributed by atoms with Crippen LogP contribution in [-0.4, -0.2) is 17.4 Å². The third kappa shape index (κ3) is 10.00. The minimum absolute atomic E-state index is 0.00953. The molecule has 0 fully saturated rings. The largest absolute Gasteiger partial charge is 0.396 e. The average molecular weight is 296 g/mol. The van der Waals surface area contributed by atoms with Gasteiger partial charge in [0.15, 0.2) is 5.66 Å². The van der Waals surface area contributed by atoms with Crippen LogP contribution in [0.1, 0.15) is 103 Å². The molecular formula is C18H36N2O. The summed E-state index contributed by atoms with van der Waals surface area (Å²) in [6.45, 7) is 2.59. The van der Waals surface area contributed by atoms with Gasteiger partial charge in [-0.25, -0.2) is 0 Å². The first kappa shape index (κ1) is 18.6. The highest BCUT2D eigenvalue weighted by atomic mass is 16.2. The van der Waals surface area contributed by atoms with E-state index in [0.29, 0.717) is 6.61 Å². The molecule has 21 heavy (non-hydrogen) atoms. The highest BCUT2D eigenvalue weighted by Gasteiger charge is 2.38. The fourth-order valence-electron chi connectivity index (χ4n) is 2.99. The second kappa shape index (κ2) is 12.1. The topological polar surface area (TPSA) is 45.0 Å². The van der Waals surface area contributed by atoms with E-state index in [0.717, 1.165) is 32.1 Å². The zero-order valence-electron chi connectivity index (χ0n) is 14.2. The van der Waals surface area contributed by atoms with Gasteiger partial charge in [0.25, 0.3) is 0 Å². The summed E-state index contributed by atoms with van der Waals surface area (Å²) in [5, 5.41) is 17.3. The highest BCUT2D eigenvalue weighted by Crippen LogP contribution is 2.38. The highest BCUT2D eigenvalue weighted by molar-refractivity contribution is 4.92. The van der Waals surface area contributed by atoms with Crippen molar-refractivity contribution in [2.24, 2.45) is 10.2 Å². The monoisotopic (exact) mass is 296 g/mol. The lowest BCUT2D eigenvalue weighted by atomic mass is 9.98. The predicted octanol–water partition coefficient (Wildman–Crippen LogP) is 6.01. The first-order chi connectivity index (χ1) is 10.3. The van der Waals surface area contributed by atoms with E-state index < -0.39 is 0 Å². The molecular weight excluding hydrogens is 260 g/mol. The number of unbranched alkanes of at least 4 members (excludes halogenated alkanes) is 11. The molecule has 1 rings (SSSR count). The molecule has 0 saturated carbocycles. The Morgan fingerprint density at radius 3 is 1.48 bits per heavy atom. The summed E-state index contributed by atoms with van der Waals surface area (Å²) in [4.78, 5) is 0. The molecule has 3 heteroatoms. The molecule has 1 heterocycles. The number of rotatable bonds is 16. The van der Waals surface area contributed by atoms with Gasteiger partial charge in [0.1, 0.15) is 0 Å². The molecule has 0 bridgehead atoms. The molecule has 0 radical (unpaired) electrons. The molecule has 3 nitrogen and oxygen atoms in total. The number of nitrogens with zero attached hydrogens (tertiary/aromatic N) is 2. The Kier molecular flexibility index (Phi) is 10.8. The van der Waals surface area contributed by atoms with Gasteiger partial charge in [0, 0.05) is 6.61 Å². The van der Waals surface area contributed by atoms with Gasteiger partial charge in [-0.3, -0.25) is 0 Å². The van der Waals surface area contributed by atoms with E-state index in [1.54, 1.807) is 0 Å². The van der Waals surface area contributed by atoms with Crippen molar-refractivity contribution in [3.05, 3.63) is 0 Å². The van der Waals surface area contributed by atoms with Crippen molar-refractivity contribution in [3.8, 4) is 0 Å². The van der Waals surface area contributed by atoms with E-state index in [2.05, 4.69) is 17.2 Å². The number of hydrogen-bond donors (Lipinski definition) is 1. The second-order valence-corrected chi connectivity index (χ2v) is 6.65. The first-order valence-electron chi connectivity index (χ1n) is 9.38. The van der Waals surface area contributed by atoms with Crippen LogP contribution in [0.25, 0.3) is 0 Å². The molecule has 0 amide bonds. The quantitative estimate of drug-likeness (QED) is 0.348. The Morgan fingerprint density at radius 1 is 0.619 bits per heavy atom. The summed E-state index contributed by atoms with van der Waals surface area (Å²) in [5.41, 5.74) is 0.00953. The fraction of sp³-hybridized carbons (Fsp3) is 1.00. The van der Waals surface area contributed by atoms with Gasteiger partial charge in [-0.05, 0) is 32.1 Å². The zero-order chi connectivity index (χ0) is 15.2. The predicted molar refractivity (Wildman–Crippen MR) is 89.6 cm³/mol. The molecule has 0 atom stereocenters. The maximum absolute atomic E-state index is 8.77. The van der Waals surface area contributed by atoms with Crippen LogP contribution >= 0.6 is 0 Å². The number of hydrogen-bond acceptors (Lipinski definition) is 3. The van der Waals surface area contributed by atoms with Crippen molar-refractivity contribution in [1.29, 1.82) is 0 Å². The smallest absolute Gasteiger partial charge is 0.191 e. The van der Waals surface area contributed by atoms with Crippen LogP contribution in [0, 0.1) is 0 Å². The molecule has 0 unspecified atom stereocenters. The van der Waals surface area contributed by atoms with Crippen LogP contribution in [0.4, 0.5) is 0 Å². The lowest BCUT2D eigenvalue weighted by molar-refractivity contribution is 0.280. The lowest BCUT2D eigenvalue weighted by Gasteiger charge is -2.10. The number of aliphatic hydroxyl groups is 1. The van der Waals surface area contributed by atoms with E-state index in [9.17, 15) is 0 Å². The Morgan fingerprint density at radius 2 is 1.05 bits per heavy atom. The summed E-state index contributed by atoms with van der Waals surface area (Å²) in [5.74, 6) is 0. The van der Waals surface area contributed by atoms with Gasteiger partial charge in [-0.15, -0.1) is 0 Å². The summed E-state index contributed by atoms with van der Waals surface area (Å²) >= 11 is 0. The molecule has 0 aromatic carbocycles. The SMILES string of the molecule is CCCCCCCCCCCCC1(CCCCCO)N=N1. The molecule has 1 aliphatic heterocycles. The maximum Gasteiger partial charge on any atom is 0.191 e. The minimum Gasteiger partial charge on any atom is -0.396 e. The normalized spacial score (nSPS) is 15.5. The standard InChI is InChI=1S/C18H36N2O/c1-2-3-4-5-6-7-8-9-10-12-15-18(19-20-18)16-13-11-14-17-21/h21H,2-17H2,1H3. The van der Waals surface area contributed by atoms with Crippen LogP contribution in [0.5, 0.6) is 0 Å². The second-order valence-electron chi connectivity index (χ2n) is 6.65. The average Bonchev–Trinajstić information content (AvgIpc) is 3.26. The van der Waals surface area contributed by atoms with Crippen molar-refractivity contribution < 1.29 is 5.11 Å². The van der Waals surface area contributed by atoms with Crippen LogP contribution in [0.2, 0.25) is 0 Å². The molecule has 0 aromatic rings. The maximum atomic E-state index is 8.77. The Hall–Kier alpha value is -0.440. The van der Waals surface area contributed by atoms with Crippen LogP contribution in [0.3, 0.4) is 0 Å². The lowest BCUT2D eigenvalue weighted by Crippen LogP contribution is -2.10. The van der Waals surface area contributed by atoms with Crippen LogP contribution in [0.15, 0.2) is 10.2 Å². The molecule has 1 aliphatic rings. The van der Waals surface area contributed by atoms with Crippen LogP contribution < -0.4 is 0 Å². The molecule has 0 saturated heterocycles. The van der Waals surface area contributed by atoms with Gasteiger partial charge < -0.3 is 5.11 Å². The summed E-state index contributed by atoms with van der Waals surface area (Å²) in [6.07, 6.45) is 19.3. The van der Waals surface area contributed by atoms with E-state index in [1.807, 2.05) is 0 Å².